The Bertz CT molecular complexity index is 566. The molecule has 0 bridgehead atoms. The van der Waals surface area contributed by atoms with Crippen molar-refractivity contribution in [2.45, 2.75) is 46.5 Å². The van der Waals surface area contributed by atoms with Crippen LogP contribution in [0.3, 0.4) is 0 Å². The number of hydrogen-bond acceptors (Lipinski definition) is 5. The molecular weight excluding hydrogens is 304 g/mol. The summed E-state index contributed by atoms with van der Waals surface area (Å²) < 4.78 is 4.63. The third kappa shape index (κ3) is 4.56. The summed E-state index contributed by atoms with van der Waals surface area (Å²) in [4.78, 5) is 35.7. The van der Waals surface area contributed by atoms with Crippen molar-refractivity contribution in [3.05, 3.63) is 16.0 Å². The Hall–Kier alpha value is -1.89. The molecule has 0 aliphatic heterocycles. The smallest absolute Gasteiger partial charge is 0.397 e. The molecule has 3 N–H and O–H groups in total. The molecule has 0 radical (unpaired) electrons. The summed E-state index contributed by atoms with van der Waals surface area (Å²) in [6.45, 7) is 5.64. The minimum atomic E-state index is -0.975. The fourth-order valence-corrected chi connectivity index (χ4v) is 3.32. The van der Waals surface area contributed by atoms with E-state index >= 15 is 0 Å². The van der Waals surface area contributed by atoms with E-state index in [4.69, 9.17) is 5.73 Å². The number of nitrogens with one attached hydrogen (secondary N) is 1. The van der Waals surface area contributed by atoms with Crippen molar-refractivity contribution in [2.75, 3.05) is 11.9 Å². The largest absolute Gasteiger partial charge is 0.459 e. The lowest BCUT2D eigenvalue weighted by Gasteiger charge is -2.04. The minimum absolute atomic E-state index is 0.112. The van der Waals surface area contributed by atoms with E-state index in [1.165, 1.54) is 11.3 Å². The summed E-state index contributed by atoms with van der Waals surface area (Å²) in [5, 5.41) is 2.75. The van der Waals surface area contributed by atoms with Gasteiger partial charge < -0.3 is 15.8 Å². The molecule has 2 amide bonds. The topological polar surface area (TPSA) is 98.5 Å². The molecule has 0 saturated heterocycles. The van der Waals surface area contributed by atoms with E-state index in [0.717, 1.165) is 36.1 Å². The molecule has 0 aromatic carbocycles. The van der Waals surface area contributed by atoms with Crippen molar-refractivity contribution in [3.63, 3.8) is 0 Å². The van der Waals surface area contributed by atoms with Crippen molar-refractivity contribution < 1.29 is 19.1 Å². The molecule has 1 aromatic rings. The van der Waals surface area contributed by atoms with E-state index in [2.05, 4.69) is 17.0 Å². The first-order valence-electron chi connectivity index (χ1n) is 7.32. The zero-order chi connectivity index (χ0) is 16.7. The van der Waals surface area contributed by atoms with Crippen LogP contribution in [0, 0.1) is 6.92 Å². The van der Waals surface area contributed by atoms with E-state index in [-0.39, 0.29) is 12.2 Å². The predicted octanol–water partition coefficient (Wildman–Crippen LogP) is 2.39. The number of nitrogens with two attached hydrogens (primary N) is 1. The molecule has 7 heteroatoms. The second-order valence-electron chi connectivity index (χ2n) is 4.85. The highest BCUT2D eigenvalue weighted by atomic mass is 32.1. The maximum atomic E-state index is 11.7. The predicted molar refractivity (Wildman–Crippen MR) is 86.1 cm³/mol. The number of amides is 2. The highest BCUT2D eigenvalue weighted by Gasteiger charge is 2.23. The van der Waals surface area contributed by atoms with E-state index < -0.39 is 17.8 Å². The van der Waals surface area contributed by atoms with Gasteiger partial charge in [0.2, 0.25) is 0 Å². The number of carbonyl (C=O) groups excluding carboxylic acids is 3. The monoisotopic (exact) mass is 326 g/mol. The van der Waals surface area contributed by atoms with Crippen LogP contribution in [-0.4, -0.2) is 24.4 Å². The SMILES string of the molecule is CCCCCc1sc(NC(=O)C(=O)OCC)c(C(N)=O)c1C. The Labute approximate surface area is 134 Å². The van der Waals surface area contributed by atoms with Crippen LogP contribution < -0.4 is 11.1 Å². The van der Waals surface area contributed by atoms with Crippen LogP contribution in [0.1, 0.15) is 53.9 Å². The second-order valence-corrected chi connectivity index (χ2v) is 5.96. The van der Waals surface area contributed by atoms with Crippen LogP contribution >= 0.6 is 11.3 Å². The van der Waals surface area contributed by atoms with Crippen LogP contribution in [0.4, 0.5) is 5.00 Å². The fourth-order valence-electron chi connectivity index (χ4n) is 2.07. The molecule has 22 heavy (non-hydrogen) atoms. The van der Waals surface area contributed by atoms with E-state index in [0.29, 0.717) is 5.00 Å². The van der Waals surface area contributed by atoms with Crippen LogP contribution in [-0.2, 0) is 20.7 Å². The van der Waals surface area contributed by atoms with Crippen molar-refractivity contribution in [3.8, 4) is 0 Å². The van der Waals surface area contributed by atoms with Crippen molar-refractivity contribution >= 4 is 34.1 Å². The third-order valence-electron chi connectivity index (χ3n) is 3.19. The summed E-state index contributed by atoms with van der Waals surface area (Å²) in [6.07, 6.45) is 4.01. The van der Waals surface area contributed by atoms with Crippen LogP contribution in [0.2, 0.25) is 0 Å². The molecule has 1 rings (SSSR count). The van der Waals surface area contributed by atoms with Crippen LogP contribution in [0.15, 0.2) is 0 Å². The Morgan fingerprint density at radius 3 is 2.45 bits per heavy atom. The lowest BCUT2D eigenvalue weighted by molar-refractivity contribution is -0.152. The normalized spacial score (nSPS) is 10.3. The van der Waals surface area contributed by atoms with Gasteiger partial charge in [-0.25, -0.2) is 4.79 Å². The first-order chi connectivity index (χ1) is 10.4. The molecule has 122 valence electrons. The second kappa shape index (κ2) is 8.53. The molecular formula is C15H22N2O4S. The number of ether oxygens (including phenoxy) is 1. The van der Waals surface area contributed by atoms with Crippen molar-refractivity contribution in [1.29, 1.82) is 0 Å². The summed E-state index contributed by atoms with van der Waals surface area (Å²) in [5.74, 6) is -2.49. The fraction of sp³-hybridized carbons (Fsp3) is 0.533. The van der Waals surface area contributed by atoms with Gasteiger partial charge in [0.25, 0.3) is 5.91 Å². The van der Waals surface area contributed by atoms with Crippen molar-refractivity contribution in [2.24, 2.45) is 5.73 Å². The van der Waals surface area contributed by atoms with E-state index in [1.807, 2.05) is 0 Å². The van der Waals surface area contributed by atoms with Gasteiger partial charge in [0, 0.05) is 4.88 Å². The standard InChI is InChI=1S/C15H22N2O4S/c1-4-6-7-8-10-9(3)11(12(16)18)14(22-10)17-13(19)15(20)21-5-2/h4-8H2,1-3H3,(H2,16,18)(H,17,19). The van der Waals surface area contributed by atoms with Gasteiger partial charge in [-0.2, -0.15) is 0 Å². The quantitative estimate of drug-likeness (QED) is 0.456. The number of unbranched alkanes of at least 4 members (excludes halogenated alkanes) is 2. The number of esters is 1. The zero-order valence-corrected chi connectivity index (χ0v) is 14.0. The number of hydrogen-bond donors (Lipinski definition) is 2. The first-order valence-corrected chi connectivity index (χ1v) is 8.14. The maximum absolute atomic E-state index is 11.7. The van der Waals surface area contributed by atoms with Gasteiger partial charge in [0.15, 0.2) is 0 Å². The van der Waals surface area contributed by atoms with Gasteiger partial charge in [-0.1, -0.05) is 19.8 Å². The van der Waals surface area contributed by atoms with Gasteiger partial charge in [0.05, 0.1) is 12.2 Å². The average Bonchev–Trinajstić information content (AvgIpc) is 2.75. The molecule has 0 atom stereocenters. The zero-order valence-electron chi connectivity index (χ0n) is 13.2. The van der Waals surface area contributed by atoms with Crippen LogP contribution in [0.5, 0.6) is 0 Å². The highest BCUT2D eigenvalue weighted by molar-refractivity contribution is 7.17. The molecule has 0 spiro atoms. The molecule has 0 aliphatic carbocycles. The number of primary amides is 1. The molecule has 6 nitrogen and oxygen atoms in total. The molecule has 0 aliphatic rings. The van der Waals surface area contributed by atoms with E-state index in [9.17, 15) is 14.4 Å². The number of rotatable bonds is 7. The molecule has 0 saturated carbocycles. The Morgan fingerprint density at radius 2 is 1.91 bits per heavy atom. The Balaban J connectivity index is 2.97. The summed E-state index contributed by atoms with van der Waals surface area (Å²) in [7, 11) is 0. The number of aryl methyl sites for hydroxylation is 1. The summed E-state index contributed by atoms with van der Waals surface area (Å²) >= 11 is 1.29. The van der Waals surface area contributed by atoms with Gasteiger partial charge in [-0.15, -0.1) is 11.3 Å². The number of thiophene rings is 1. The number of anilines is 1. The molecule has 0 unspecified atom stereocenters. The lowest BCUT2D eigenvalue weighted by Crippen LogP contribution is -2.26. The molecule has 1 heterocycles. The summed E-state index contributed by atoms with van der Waals surface area (Å²) in [6, 6.07) is 0. The van der Waals surface area contributed by atoms with Gasteiger partial charge in [0.1, 0.15) is 5.00 Å². The highest BCUT2D eigenvalue weighted by Crippen LogP contribution is 2.33. The molecule has 1 aromatic heterocycles. The summed E-state index contributed by atoms with van der Waals surface area (Å²) in [5.41, 5.74) is 6.44. The lowest BCUT2D eigenvalue weighted by atomic mass is 10.1. The first kappa shape index (κ1) is 18.2. The number of carbonyl (C=O) groups is 3. The Morgan fingerprint density at radius 1 is 1.23 bits per heavy atom. The van der Waals surface area contributed by atoms with Gasteiger partial charge in [-0.05, 0) is 32.3 Å². The van der Waals surface area contributed by atoms with Gasteiger partial charge in [-0.3, -0.25) is 9.59 Å². The minimum Gasteiger partial charge on any atom is -0.459 e. The Kier molecular flexibility index (Phi) is 7.04. The average molecular weight is 326 g/mol. The van der Waals surface area contributed by atoms with Crippen LogP contribution in [0.25, 0.3) is 0 Å². The van der Waals surface area contributed by atoms with Crippen molar-refractivity contribution in [1.82, 2.24) is 0 Å². The third-order valence-corrected chi connectivity index (χ3v) is 4.45. The van der Waals surface area contributed by atoms with Gasteiger partial charge >= 0.3 is 11.9 Å². The maximum Gasteiger partial charge on any atom is 0.397 e. The molecule has 0 fully saturated rings. The van der Waals surface area contributed by atoms with E-state index in [1.54, 1.807) is 13.8 Å².